The number of halogens is 1. The molecule has 1 aromatic heterocycles. The van der Waals surface area contributed by atoms with Crippen molar-refractivity contribution < 1.29 is 9.13 Å². The first-order chi connectivity index (χ1) is 8.31. The predicted octanol–water partition coefficient (Wildman–Crippen LogP) is 2.51. The number of benzene rings is 1. The minimum absolute atomic E-state index is 0.295. The SMILES string of the molecule is NCCc1c(F)cccc1Oc1cccnc1. The van der Waals surface area contributed by atoms with E-state index in [1.165, 1.54) is 6.07 Å². The number of pyridine rings is 1. The van der Waals surface area contributed by atoms with Gasteiger partial charge in [0.25, 0.3) is 0 Å². The van der Waals surface area contributed by atoms with Crippen LogP contribution in [0.5, 0.6) is 11.5 Å². The molecule has 0 atom stereocenters. The highest BCUT2D eigenvalue weighted by atomic mass is 19.1. The second-order valence-electron chi connectivity index (χ2n) is 3.55. The molecule has 0 unspecified atom stereocenters. The molecule has 4 heteroatoms. The Bertz CT molecular complexity index is 488. The van der Waals surface area contributed by atoms with Gasteiger partial charge in [0.15, 0.2) is 0 Å². The molecule has 0 aliphatic heterocycles. The Morgan fingerprint density at radius 2 is 2.12 bits per heavy atom. The van der Waals surface area contributed by atoms with Crippen LogP contribution in [0.3, 0.4) is 0 Å². The smallest absolute Gasteiger partial charge is 0.145 e. The van der Waals surface area contributed by atoms with Gasteiger partial charge in [0, 0.05) is 11.8 Å². The summed E-state index contributed by atoms with van der Waals surface area (Å²) in [6.45, 7) is 0.379. The van der Waals surface area contributed by atoms with Crippen molar-refractivity contribution in [3.63, 3.8) is 0 Å². The molecule has 2 N–H and O–H groups in total. The lowest BCUT2D eigenvalue weighted by Gasteiger charge is -2.10. The van der Waals surface area contributed by atoms with Gasteiger partial charge in [0.2, 0.25) is 0 Å². The molecule has 0 fully saturated rings. The van der Waals surface area contributed by atoms with Crippen LogP contribution in [0.25, 0.3) is 0 Å². The molecule has 0 spiro atoms. The monoisotopic (exact) mass is 232 g/mol. The van der Waals surface area contributed by atoms with Crippen molar-refractivity contribution in [2.24, 2.45) is 5.73 Å². The lowest BCUT2D eigenvalue weighted by molar-refractivity contribution is 0.465. The molecule has 2 rings (SSSR count). The van der Waals surface area contributed by atoms with Gasteiger partial charge in [-0.25, -0.2) is 4.39 Å². The first kappa shape index (κ1) is 11.5. The molecular formula is C13H13FN2O. The van der Waals surface area contributed by atoms with E-state index < -0.39 is 0 Å². The van der Waals surface area contributed by atoms with Crippen LogP contribution in [0.1, 0.15) is 5.56 Å². The molecule has 0 saturated heterocycles. The molecule has 2 aromatic rings. The van der Waals surface area contributed by atoms with E-state index in [4.69, 9.17) is 10.5 Å². The van der Waals surface area contributed by atoms with Crippen LogP contribution in [0.4, 0.5) is 4.39 Å². The topological polar surface area (TPSA) is 48.1 Å². The molecular weight excluding hydrogens is 219 g/mol. The molecule has 0 saturated carbocycles. The van der Waals surface area contributed by atoms with Crippen molar-refractivity contribution in [2.45, 2.75) is 6.42 Å². The van der Waals surface area contributed by atoms with E-state index in [1.807, 2.05) is 0 Å². The molecule has 0 amide bonds. The fourth-order valence-electron chi connectivity index (χ4n) is 1.56. The second-order valence-corrected chi connectivity index (χ2v) is 3.55. The van der Waals surface area contributed by atoms with Gasteiger partial charge in [-0.05, 0) is 37.2 Å². The highest BCUT2D eigenvalue weighted by molar-refractivity contribution is 5.38. The maximum atomic E-state index is 13.6. The number of aromatic nitrogens is 1. The van der Waals surface area contributed by atoms with Crippen molar-refractivity contribution in [1.29, 1.82) is 0 Å². The van der Waals surface area contributed by atoms with E-state index in [0.29, 0.717) is 30.0 Å². The van der Waals surface area contributed by atoms with Crippen LogP contribution < -0.4 is 10.5 Å². The summed E-state index contributed by atoms with van der Waals surface area (Å²) >= 11 is 0. The third-order valence-corrected chi connectivity index (χ3v) is 2.33. The summed E-state index contributed by atoms with van der Waals surface area (Å²) in [5.74, 6) is 0.775. The van der Waals surface area contributed by atoms with Gasteiger partial charge in [-0.2, -0.15) is 0 Å². The zero-order valence-electron chi connectivity index (χ0n) is 9.27. The summed E-state index contributed by atoms with van der Waals surface area (Å²) < 4.78 is 19.2. The van der Waals surface area contributed by atoms with E-state index in [-0.39, 0.29) is 5.82 Å². The number of nitrogens with two attached hydrogens (primary N) is 1. The average Bonchev–Trinajstić information content (AvgIpc) is 2.35. The fraction of sp³-hybridized carbons (Fsp3) is 0.154. The maximum absolute atomic E-state index is 13.6. The highest BCUT2D eigenvalue weighted by Gasteiger charge is 2.09. The van der Waals surface area contributed by atoms with E-state index in [2.05, 4.69) is 4.98 Å². The lowest BCUT2D eigenvalue weighted by atomic mass is 10.1. The molecule has 0 bridgehead atoms. The number of ether oxygens (including phenoxy) is 1. The first-order valence-electron chi connectivity index (χ1n) is 5.36. The van der Waals surface area contributed by atoms with Crippen LogP contribution in [0, 0.1) is 5.82 Å². The summed E-state index contributed by atoms with van der Waals surface area (Å²) in [6.07, 6.45) is 3.68. The molecule has 0 aliphatic carbocycles. The Morgan fingerprint density at radius 1 is 1.24 bits per heavy atom. The molecule has 1 aromatic carbocycles. The Labute approximate surface area is 99.1 Å². The van der Waals surface area contributed by atoms with Gasteiger partial charge < -0.3 is 10.5 Å². The lowest BCUT2D eigenvalue weighted by Crippen LogP contribution is -2.06. The molecule has 0 aliphatic rings. The van der Waals surface area contributed by atoms with E-state index in [0.717, 1.165) is 0 Å². The second kappa shape index (κ2) is 5.41. The van der Waals surface area contributed by atoms with Crippen molar-refractivity contribution in [3.8, 4) is 11.5 Å². The van der Waals surface area contributed by atoms with Gasteiger partial charge in [0.05, 0.1) is 6.20 Å². The summed E-state index contributed by atoms with van der Waals surface area (Å²) in [7, 11) is 0. The first-order valence-corrected chi connectivity index (χ1v) is 5.36. The van der Waals surface area contributed by atoms with Crippen LogP contribution >= 0.6 is 0 Å². The van der Waals surface area contributed by atoms with Gasteiger partial charge in [-0.15, -0.1) is 0 Å². The third kappa shape index (κ3) is 2.79. The highest BCUT2D eigenvalue weighted by Crippen LogP contribution is 2.26. The van der Waals surface area contributed by atoms with Crippen LogP contribution in [-0.4, -0.2) is 11.5 Å². The van der Waals surface area contributed by atoms with Crippen molar-refractivity contribution in [1.82, 2.24) is 4.98 Å². The maximum Gasteiger partial charge on any atom is 0.145 e. The van der Waals surface area contributed by atoms with Gasteiger partial charge >= 0.3 is 0 Å². The van der Waals surface area contributed by atoms with Crippen molar-refractivity contribution in [3.05, 3.63) is 54.1 Å². The quantitative estimate of drug-likeness (QED) is 0.881. The minimum atomic E-state index is -0.295. The van der Waals surface area contributed by atoms with Crippen molar-refractivity contribution in [2.75, 3.05) is 6.54 Å². The normalized spacial score (nSPS) is 10.2. The van der Waals surface area contributed by atoms with Crippen molar-refractivity contribution >= 4 is 0 Å². The van der Waals surface area contributed by atoms with Crippen LogP contribution in [0.15, 0.2) is 42.7 Å². The zero-order valence-corrected chi connectivity index (χ0v) is 9.27. The number of hydrogen-bond acceptors (Lipinski definition) is 3. The molecule has 17 heavy (non-hydrogen) atoms. The fourth-order valence-corrected chi connectivity index (χ4v) is 1.56. The largest absolute Gasteiger partial charge is 0.455 e. The Balaban J connectivity index is 2.29. The Kier molecular flexibility index (Phi) is 3.67. The molecule has 3 nitrogen and oxygen atoms in total. The molecule has 0 radical (unpaired) electrons. The number of rotatable bonds is 4. The standard InChI is InChI=1S/C13H13FN2O/c14-12-4-1-5-13(11(12)6-7-15)17-10-3-2-8-16-9-10/h1-5,8-9H,6-7,15H2. The van der Waals surface area contributed by atoms with E-state index in [9.17, 15) is 4.39 Å². The van der Waals surface area contributed by atoms with Gasteiger partial charge in [-0.1, -0.05) is 6.07 Å². The third-order valence-electron chi connectivity index (χ3n) is 2.33. The van der Waals surface area contributed by atoms with Gasteiger partial charge in [-0.3, -0.25) is 4.98 Å². The zero-order chi connectivity index (χ0) is 12.1. The van der Waals surface area contributed by atoms with Gasteiger partial charge in [0.1, 0.15) is 17.3 Å². The summed E-state index contributed by atoms with van der Waals surface area (Å²) in [6, 6.07) is 8.27. The summed E-state index contributed by atoms with van der Waals surface area (Å²) in [4.78, 5) is 3.94. The average molecular weight is 232 g/mol. The number of nitrogens with zero attached hydrogens (tertiary/aromatic N) is 1. The summed E-state index contributed by atoms with van der Waals surface area (Å²) in [5.41, 5.74) is 5.96. The van der Waals surface area contributed by atoms with Crippen LogP contribution in [-0.2, 0) is 6.42 Å². The summed E-state index contributed by atoms with van der Waals surface area (Å²) in [5, 5.41) is 0. The Hall–Kier alpha value is -1.94. The molecule has 88 valence electrons. The van der Waals surface area contributed by atoms with E-state index >= 15 is 0 Å². The molecule has 1 heterocycles. The van der Waals surface area contributed by atoms with Crippen LogP contribution in [0.2, 0.25) is 0 Å². The number of hydrogen-bond donors (Lipinski definition) is 1. The minimum Gasteiger partial charge on any atom is -0.455 e. The van der Waals surface area contributed by atoms with E-state index in [1.54, 1.807) is 36.7 Å². The predicted molar refractivity (Wildman–Crippen MR) is 63.5 cm³/mol. The Morgan fingerprint density at radius 3 is 2.82 bits per heavy atom.